The van der Waals surface area contributed by atoms with Crippen LogP contribution in [0.5, 0.6) is 0 Å². The second-order valence-electron chi connectivity index (χ2n) is 3.53. The van der Waals surface area contributed by atoms with Gasteiger partial charge >= 0.3 is 5.97 Å². The van der Waals surface area contributed by atoms with E-state index in [1.807, 2.05) is 24.3 Å². The second kappa shape index (κ2) is 4.27. The van der Waals surface area contributed by atoms with E-state index in [1.165, 1.54) is 6.92 Å². The highest BCUT2D eigenvalue weighted by molar-refractivity contribution is 14.1. The fourth-order valence-corrected chi connectivity index (χ4v) is 1.75. The predicted octanol–water partition coefficient (Wildman–Crippen LogP) is 1.64. The molecule has 4 heteroatoms. The molecule has 0 amide bonds. The summed E-state index contributed by atoms with van der Waals surface area (Å²) in [5, 5.41) is 8.84. The highest BCUT2D eigenvalue weighted by Gasteiger charge is 2.27. The minimum absolute atomic E-state index is 0.346. The average Bonchev–Trinajstić information content (AvgIpc) is 2.02. The van der Waals surface area contributed by atoms with Crippen LogP contribution in [0.4, 0.5) is 0 Å². The number of hydrogen-bond acceptors (Lipinski definition) is 2. The van der Waals surface area contributed by atoms with Crippen molar-refractivity contribution in [2.24, 2.45) is 5.73 Å². The van der Waals surface area contributed by atoms with Gasteiger partial charge in [0.15, 0.2) is 0 Å². The van der Waals surface area contributed by atoms with Crippen molar-refractivity contribution in [3.63, 3.8) is 0 Å². The molecule has 0 saturated heterocycles. The van der Waals surface area contributed by atoms with Crippen molar-refractivity contribution >= 4 is 28.6 Å². The van der Waals surface area contributed by atoms with Gasteiger partial charge in [-0.2, -0.15) is 0 Å². The molecule has 1 unspecified atom stereocenters. The predicted molar refractivity (Wildman–Crippen MR) is 63.1 cm³/mol. The van der Waals surface area contributed by atoms with Gasteiger partial charge in [-0.15, -0.1) is 0 Å². The average molecular weight is 305 g/mol. The standard InChI is InChI=1S/C10H12INO2/c1-10(12,9(13)14)6-7-3-2-4-8(11)5-7/h2-5H,6,12H2,1H3,(H,13,14). The van der Waals surface area contributed by atoms with Gasteiger partial charge < -0.3 is 10.8 Å². The van der Waals surface area contributed by atoms with Gasteiger partial charge in [0.1, 0.15) is 5.54 Å². The Labute approximate surface area is 96.4 Å². The number of rotatable bonds is 3. The van der Waals surface area contributed by atoms with Crippen LogP contribution < -0.4 is 5.73 Å². The Balaban J connectivity index is 2.83. The molecule has 0 saturated carbocycles. The fraction of sp³-hybridized carbons (Fsp3) is 0.300. The molecule has 0 aliphatic rings. The van der Waals surface area contributed by atoms with E-state index in [2.05, 4.69) is 22.6 Å². The lowest BCUT2D eigenvalue weighted by Crippen LogP contribution is -2.46. The molecule has 0 fully saturated rings. The summed E-state index contributed by atoms with van der Waals surface area (Å²) in [6.45, 7) is 1.52. The van der Waals surface area contributed by atoms with Gasteiger partial charge in [0.05, 0.1) is 0 Å². The summed E-state index contributed by atoms with van der Waals surface area (Å²) in [7, 11) is 0. The quantitative estimate of drug-likeness (QED) is 0.835. The molecule has 0 aliphatic heterocycles. The number of benzene rings is 1. The molecule has 0 spiro atoms. The Morgan fingerprint density at radius 3 is 2.79 bits per heavy atom. The summed E-state index contributed by atoms with van der Waals surface area (Å²) in [5.74, 6) is -0.976. The van der Waals surface area contributed by atoms with Crippen LogP contribution in [-0.4, -0.2) is 16.6 Å². The van der Waals surface area contributed by atoms with Crippen LogP contribution in [0.2, 0.25) is 0 Å². The first kappa shape index (κ1) is 11.5. The van der Waals surface area contributed by atoms with E-state index in [-0.39, 0.29) is 0 Å². The molecule has 14 heavy (non-hydrogen) atoms. The van der Waals surface area contributed by atoms with Crippen molar-refractivity contribution in [1.82, 2.24) is 0 Å². The maximum atomic E-state index is 10.8. The normalized spacial score (nSPS) is 14.8. The van der Waals surface area contributed by atoms with E-state index < -0.39 is 11.5 Å². The van der Waals surface area contributed by atoms with Gasteiger partial charge in [-0.05, 0) is 47.2 Å². The summed E-state index contributed by atoms with van der Waals surface area (Å²) in [6, 6.07) is 7.68. The summed E-state index contributed by atoms with van der Waals surface area (Å²) in [5.41, 5.74) is 5.40. The van der Waals surface area contributed by atoms with Crippen LogP contribution >= 0.6 is 22.6 Å². The minimum Gasteiger partial charge on any atom is -0.480 e. The highest BCUT2D eigenvalue weighted by Crippen LogP contribution is 2.13. The third-order valence-electron chi connectivity index (χ3n) is 1.95. The largest absolute Gasteiger partial charge is 0.480 e. The van der Waals surface area contributed by atoms with Crippen LogP contribution in [0, 0.1) is 3.57 Å². The van der Waals surface area contributed by atoms with E-state index in [9.17, 15) is 4.79 Å². The van der Waals surface area contributed by atoms with Gasteiger partial charge in [-0.25, -0.2) is 0 Å². The molecule has 0 bridgehead atoms. The maximum absolute atomic E-state index is 10.8. The molecule has 0 radical (unpaired) electrons. The monoisotopic (exact) mass is 305 g/mol. The third-order valence-corrected chi connectivity index (χ3v) is 2.62. The summed E-state index contributed by atoms with van der Waals surface area (Å²) in [4.78, 5) is 10.8. The number of aliphatic carboxylic acids is 1. The van der Waals surface area contributed by atoms with E-state index >= 15 is 0 Å². The van der Waals surface area contributed by atoms with Gasteiger partial charge in [0.2, 0.25) is 0 Å². The molecule has 1 rings (SSSR count). The van der Waals surface area contributed by atoms with Crippen molar-refractivity contribution in [2.45, 2.75) is 18.9 Å². The lowest BCUT2D eigenvalue weighted by atomic mass is 9.94. The van der Waals surface area contributed by atoms with Crippen molar-refractivity contribution in [1.29, 1.82) is 0 Å². The summed E-state index contributed by atoms with van der Waals surface area (Å²) >= 11 is 2.19. The Kier molecular flexibility index (Phi) is 3.49. The van der Waals surface area contributed by atoms with Crippen LogP contribution in [0.1, 0.15) is 12.5 Å². The van der Waals surface area contributed by atoms with Gasteiger partial charge in [0.25, 0.3) is 0 Å². The van der Waals surface area contributed by atoms with E-state index in [1.54, 1.807) is 0 Å². The van der Waals surface area contributed by atoms with Gasteiger partial charge in [-0.1, -0.05) is 12.1 Å². The van der Waals surface area contributed by atoms with E-state index in [0.29, 0.717) is 6.42 Å². The number of hydrogen-bond donors (Lipinski definition) is 2. The molecule has 0 heterocycles. The van der Waals surface area contributed by atoms with Crippen molar-refractivity contribution in [3.05, 3.63) is 33.4 Å². The van der Waals surface area contributed by atoms with Crippen molar-refractivity contribution < 1.29 is 9.90 Å². The smallest absolute Gasteiger partial charge is 0.323 e. The number of carboxylic acid groups (broad SMARTS) is 1. The Morgan fingerprint density at radius 1 is 1.64 bits per heavy atom. The first-order valence-electron chi connectivity index (χ1n) is 4.18. The van der Waals surface area contributed by atoms with Crippen LogP contribution in [0.25, 0.3) is 0 Å². The molecule has 1 atom stereocenters. The minimum atomic E-state index is -1.19. The zero-order chi connectivity index (χ0) is 10.8. The zero-order valence-electron chi connectivity index (χ0n) is 7.83. The van der Waals surface area contributed by atoms with Crippen LogP contribution in [0.3, 0.4) is 0 Å². The van der Waals surface area contributed by atoms with Crippen molar-refractivity contribution in [3.8, 4) is 0 Å². The van der Waals surface area contributed by atoms with Gasteiger partial charge in [0, 0.05) is 9.99 Å². The lowest BCUT2D eigenvalue weighted by Gasteiger charge is -2.18. The molecule has 0 aromatic heterocycles. The second-order valence-corrected chi connectivity index (χ2v) is 4.77. The summed E-state index contributed by atoms with van der Waals surface area (Å²) in [6.07, 6.45) is 0.346. The SMILES string of the molecule is CC(N)(Cc1cccc(I)c1)C(=O)O. The van der Waals surface area contributed by atoms with Crippen LogP contribution in [-0.2, 0) is 11.2 Å². The Hall–Kier alpha value is -0.620. The molecule has 3 nitrogen and oxygen atoms in total. The third kappa shape index (κ3) is 2.95. The number of nitrogens with two attached hydrogens (primary N) is 1. The number of carbonyl (C=O) groups is 1. The molecule has 3 N–H and O–H groups in total. The first-order chi connectivity index (χ1) is 6.42. The maximum Gasteiger partial charge on any atom is 0.323 e. The molecule has 76 valence electrons. The topological polar surface area (TPSA) is 63.3 Å². The Bertz CT molecular complexity index is 350. The molecule has 0 aliphatic carbocycles. The summed E-state index contributed by atoms with van der Waals surface area (Å²) < 4.78 is 1.08. The lowest BCUT2D eigenvalue weighted by molar-refractivity contribution is -0.142. The first-order valence-corrected chi connectivity index (χ1v) is 5.26. The zero-order valence-corrected chi connectivity index (χ0v) is 9.98. The number of carboxylic acids is 1. The van der Waals surface area contributed by atoms with Gasteiger partial charge in [-0.3, -0.25) is 4.79 Å². The molecule has 1 aromatic rings. The Morgan fingerprint density at radius 2 is 2.29 bits per heavy atom. The van der Waals surface area contributed by atoms with E-state index in [4.69, 9.17) is 10.8 Å². The van der Waals surface area contributed by atoms with Crippen molar-refractivity contribution in [2.75, 3.05) is 0 Å². The number of halogens is 1. The molecule has 1 aromatic carbocycles. The highest BCUT2D eigenvalue weighted by atomic mass is 127. The molecular weight excluding hydrogens is 293 g/mol. The fourth-order valence-electron chi connectivity index (χ4n) is 1.15. The molecular formula is C10H12INO2. The van der Waals surface area contributed by atoms with Crippen LogP contribution in [0.15, 0.2) is 24.3 Å². The van der Waals surface area contributed by atoms with E-state index in [0.717, 1.165) is 9.13 Å².